The van der Waals surface area contributed by atoms with Crippen LogP contribution in [0.2, 0.25) is 0 Å². The van der Waals surface area contributed by atoms with E-state index in [2.05, 4.69) is 9.88 Å². The van der Waals surface area contributed by atoms with Gasteiger partial charge in [0, 0.05) is 32.7 Å². The second-order valence-corrected chi connectivity index (χ2v) is 5.87. The number of nitrogens with one attached hydrogen (secondary N) is 1. The molecule has 1 unspecified atom stereocenters. The van der Waals surface area contributed by atoms with E-state index in [1.165, 1.54) is 11.4 Å². The van der Waals surface area contributed by atoms with Gasteiger partial charge in [-0.2, -0.15) is 17.4 Å². The van der Waals surface area contributed by atoms with Gasteiger partial charge < -0.3 is 15.7 Å². The lowest BCUT2D eigenvalue weighted by Gasteiger charge is -2.31. The molecule has 1 atom stereocenters. The van der Waals surface area contributed by atoms with Crippen LogP contribution in [-0.4, -0.2) is 57.1 Å². The molecule has 8 nitrogen and oxygen atoms in total. The third-order valence-electron chi connectivity index (χ3n) is 2.85. The van der Waals surface area contributed by atoms with Crippen molar-refractivity contribution in [1.82, 2.24) is 9.03 Å². The van der Waals surface area contributed by atoms with Gasteiger partial charge in [-0.15, -0.1) is 0 Å². The molecule has 0 aromatic rings. The molecule has 0 aliphatic carbocycles. The van der Waals surface area contributed by atoms with Crippen molar-refractivity contribution in [3.63, 3.8) is 0 Å². The first-order valence-corrected chi connectivity index (χ1v) is 7.16. The Bertz CT molecular complexity index is 384. The van der Waals surface area contributed by atoms with Crippen LogP contribution in [0.1, 0.15) is 12.8 Å². The minimum atomic E-state index is -3.52. The Morgan fingerprint density at radius 3 is 3.00 bits per heavy atom. The standard InChI is InChI=1S/C9H20N4O4S/c1-17-6-4-11-18(15,16)13-5-2-3-8(7-13)9(10)12-14/h8,11,14H,2-7H2,1H3,(H2,10,12). The topological polar surface area (TPSA) is 117 Å². The lowest BCUT2D eigenvalue weighted by atomic mass is 9.99. The number of ether oxygens (including phenoxy) is 1. The van der Waals surface area contributed by atoms with Crippen LogP contribution in [0.5, 0.6) is 0 Å². The molecule has 9 heteroatoms. The summed E-state index contributed by atoms with van der Waals surface area (Å²) in [5.41, 5.74) is 5.51. The lowest BCUT2D eigenvalue weighted by Crippen LogP contribution is -2.49. The third kappa shape index (κ3) is 4.09. The number of methoxy groups -OCH3 is 1. The van der Waals surface area contributed by atoms with Gasteiger partial charge in [-0.05, 0) is 12.8 Å². The van der Waals surface area contributed by atoms with Crippen LogP contribution in [0.3, 0.4) is 0 Å². The van der Waals surface area contributed by atoms with Gasteiger partial charge in [-0.25, -0.2) is 0 Å². The highest BCUT2D eigenvalue weighted by molar-refractivity contribution is 7.87. The molecule has 0 radical (unpaired) electrons. The molecule has 1 rings (SSSR count). The maximum absolute atomic E-state index is 11.9. The number of rotatable bonds is 6. The average Bonchev–Trinajstić information content (AvgIpc) is 2.38. The van der Waals surface area contributed by atoms with Gasteiger partial charge >= 0.3 is 0 Å². The van der Waals surface area contributed by atoms with Crippen LogP contribution in [0, 0.1) is 5.92 Å². The summed E-state index contributed by atoms with van der Waals surface area (Å²) >= 11 is 0. The van der Waals surface area contributed by atoms with E-state index in [4.69, 9.17) is 15.7 Å². The molecular weight excluding hydrogens is 260 g/mol. The minimum Gasteiger partial charge on any atom is -0.409 e. The molecule has 0 spiro atoms. The highest BCUT2D eigenvalue weighted by Gasteiger charge is 2.30. The fourth-order valence-corrected chi connectivity index (χ4v) is 3.12. The Kier molecular flexibility index (Phi) is 5.79. The largest absolute Gasteiger partial charge is 0.409 e. The zero-order valence-corrected chi connectivity index (χ0v) is 11.2. The molecule has 0 bridgehead atoms. The highest BCUT2D eigenvalue weighted by atomic mass is 32.2. The Morgan fingerprint density at radius 2 is 2.39 bits per heavy atom. The van der Waals surface area contributed by atoms with Gasteiger partial charge in [0.25, 0.3) is 10.2 Å². The monoisotopic (exact) mass is 280 g/mol. The van der Waals surface area contributed by atoms with Gasteiger partial charge in [0.2, 0.25) is 0 Å². The highest BCUT2D eigenvalue weighted by Crippen LogP contribution is 2.18. The summed E-state index contributed by atoms with van der Waals surface area (Å²) in [6.07, 6.45) is 1.41. The zero-order valence-electron chi connectivity index (χ0n) is 10.4. The second kappa shape index (κ2) is 6.88. The molecule has 0 amide bonds. The van der Waals surface area contributed by atoms with Gasteiger partial charge in [0.15, 0.2) is 0 Å². The Labute approximate surface area is 107 Å². The Balaban J connectivity index is 2.60. The molecular formula is C9H20N4O4S. The maximum Gasteiger partial charge on any atom is 0.279 e. The van der Waals surface area contributed by atoms with E-state index in [1.54, 1.807) is 0 Å². The van der Waals surface area contributed by atoms with Crippen LogP contribution < -0.4 is 10.5 Å². The molecule has 106 valence electrons. The number of nitrogens with two attached hydrogens (primary N) is 1. The van der Waals surface area contributed by atoms with Crippen molar-refractivity contribution >= 4 is 16.0 Å². The fourth-order valence-electron chi connectivity index (χ4n) is 1.85. The van der Waals surface area contributed by atoms with Gasteiger partial charge in [0.05, 0.1) is 6.61 Å². The molecule has 0 aromatic carbocycles. The van der Waals surface area contributed by atoms with E-state index >= 15 is 0 Å². The number of piperidine rings is 1. The molecule has 18 heavy (non-hydrogen) atoms. The summed E-state index contributed by atoms with van der Waals surface area (Å²) in [6, 6.07) is 0. The maximum atomic E-state index is 11.9. The summed E-state index contributed by atoms with van der Waals surface area (Å²) in [6.45, 7) is 1.22. The van der Waals surface area contributed by atoms with Crippen LogP contribution in [-0.2, 0) is 14.9 Å². The molecule has 4 N–H and O–H groups in total. The summed E-state index contributed by atoms with van der Waals surface area (Å²) in [5.74, 6) is -0.158. The molecule has 1 fully saturated rings. The van der Waals surface area contributed by atoms with Gasteiger partial charge in [-0.3, -0.25) is 0 Å². The van der Waals surface area contributed by atoms with Crippen LogP contribution in [0.4, 0.5) is 0 Å². The first kappa shape index (κ1) is 15.2. The SMILES string of the molecule is COCCNS(=O)(=O)N1CCCC(C(N)=NO)C1. The van der Waals surface area contributed by atoms with Crippen molar-refractivity contribution in [2.45, 2.75) is 12.8 Å². The second-order valence-electron chi connectivity index (χ2n) is 4.11. The third-order valence-corrected chi connectivity index (χ3v) is 4.43. The van der Waals surface area contributed by atoms with E-state index < -0.39 is 10.2 Å². The van der Waals surface area contributed by atoms with E-state index in [0.29, 0.717) is 19.6 Å². The normalized spacial score (nSPS) is 23.2. The van der Waals surface area contributed by atoms with E-state index in [9.17, 15) is 8.42 Å². The Morgan fingerprint density at radius 1 is 1.67 bits per heavy atom. The van der Waals surface area contributed by atoms with E-state index in [-0.39, 0.29) is 24.8 Å². The van der Waals surface area contributed by atoms with Crippen molar-refractivity contribution in [1.29, 1.82) is 0 Å². The molecule has 1 aliphatic rings. The first-order valence-electron chi connectivity index (χ1n) is 5.72. The van der Waals surface area contributed by atoms with Crippen LogP contribution >= 0.6 is 0 Å². The number of nitrogens with zero attached hydrogens (tertiary/aromatic N) is 2. The van der Waals surface area contributed by atoms with Crippen molar-refractivity contribution in [3.05, 3.63) is 0 Å². The summed E-state index contributed by atoms with van der Waals surface area (Å²) in [5, 5.41) is 11.5. The number of oxime groups is 1. The quantitative estimate of drug-likeness (QED) is 0.188. The number of amidine groups is 1. The average molecular weight is 280 g/mol. The van der Waals surface area contributed by atoms with Gasteiger partial charge in [-0.1, -0.05) is 5.16 Å². The summed E-state index contributed by atoms with van der Waals surface area (Å²) in [4.78, 5) is 0. The lowest BCUT2D eigenvalue weighted by molar-refractivity contribution is 0.203. The molecule has 0 aromatic heterocycles. The minimum absolute atomic E-state index is 0.0757. The summed E-state index contributed by atoms with van der Waals surface area (Å²) < 4.78 is 32.4. The van der Waals surface area contributed by atoms with Crippen molar-refractivity contribution < 1.29 is 18.4 Å². The molecule has 1 saturated heterocycles. The van der Waals surface area contributed by atoms with E-state index in [0.717, 1.165) is 6.42 Å². The predicted molar refractivity (Wildman–Crippen MR) is 66.5 cm³/mol. The predicted octanol–water partition coefficient (Wildman–Crippen LogP) is -1.07. The van der Waals surface area contributed by atoms with Crippen molar-refractivity contribution in [2.24, 2.45) is 16.8 Å². The van der Waals surface area contributed by atoms with Crippen LogP contribution in [0.15, 0.2) is 5.16 Å². The number of hydrogen-bond acceptors (Lipinski definition) is 5. The van der Waals surface area contributed by atoms with Crippen LogP contribution in [0.25, 0.3) is 0 Å². The van der Waals surface area contributed by atoms with Crippen molar-refractivity contribution in [2.75, 3.05) is 33.4 Å². The fraction of sp³-hybridized carbons (Fsp3) is 0.889. The smallest absolute Gasteiger partial charge is 0.279 e. The number of hydrogen-bond donors (Lipinski definition) is 3. The molecule has 1 aliphatic heterocycles. The summed E-state index contributed by atoms with van der Waals surface area (Å²) in [7, 11) is -2.02. The first-order chi connectivity index (χ1) is 8.51. The Hall–Kier alpha value is -0.900. The molecule has 1 heterocycles. The molecule has 0 saturated carbocycles. The van der Waals surface area contributed by atoms with E-state index in [1.807, 2.05) is 0 Å². The zero-order chi connectivity index (χ0) is 13.6. The van der Waals surface area contributed by atoms with Gasteiger partial charge in [0.1, 0.15) is 5.84 Å². The van der Waals surface area contributed by atoms with Crippen molar-refractivity contribution in [3.8, 4) is 0 Å².